The largest absolute Gasteiger partial charge is 0.455 e. The average molecular weight is 764 g/mol. The normalized spacial score (nSPS) is 11.7. The van der Waals surface area contributed by atoms with E-state index >= 15 is 0 Å². The smallest absolute Gasteiger partial charge is 0.143 e. The summed E-state index contributed by atoms with van der Waals surface area (Å²) in [6, 6.07) is 81.1. The molecule has 0 bridgehead atoms. The van der Waals surface area contributed by atoms with E-state index < -0.39 is 0 Å². The molecule has 11 aromatic carbocycles. The van der Waals surface area contributed by atoms with Gasteiger partial charge in [-0.3, -0.25) is 0 Å². The summed E-state index contributed by atoms with van der Waals surface area (Å²) in [6.45, 7) is 0. The highest BCUT2D eigenvalue weighted by molar-refractivity contribution is 6.27. The molecular weight excluding hydrogens is 727 g/mol. The van der Waals surface area contributed by atoms with E-state index in [0.717, 1.165) is 55.7 Å². The molecule has 2 nitrogen and oxygen atoms in total. The number of rotatable bonds is 6. The van der Waals surface area contributed by atoms with Gasteiger partial charge in [0.1, 0.15) is 11.2 Å². The SMILES string of the molecule is c1ccc(-c2ccc(N(c3ccc4oc5c(-c6ccc7c8ccccc8c8ccccc8c7c6)c6ccccc6cc5c4c3)c3ccccc3-c3ccccc3)cc2)cc1. The van der Waals surface area contributed by atoms with Gasteiger partial charge in [-0.25, -0.2) is 0 Å². The zero-order valence-corrected chi connectivity index (χ0v) is 32.7. The van der Waals surface area contributed by atoms with Crippen molar-refractivity contribution >= 4 is 82.1 Å². The molecule has 0 fully saturated rings. The van der Waals surface area contributed by atoms with Crippen LogP contribution in [0.2, 0.25) is 0 Å². The molecule has 0 unspecified atom stereocenters. The van der Waals surface area contributed by atoms with Crippen molar-refractivity contribution in [1.29, 1.82) is 0 Å². The number of hydrogen-bond donors (Lipinski definition) is 0. The summed E-state index contributed by atoms with van der Waals surface area (Å²) in [5.74, 6) is 0. The number of benzene rings is 11. The highest BCUT2D eigenvalue weighted by atomic mass is 16.3. The first kappa shape index (κ1) is 34.1. The molecule has 0 N–H and O–H groups in total. The molecular formula is C58H37NO. The summed E-state index contributed by atoms with van der Waals surface area (Å²) in [5, 5.41) is 12.1. The van der Waals surface area contributed by atoms with Crippen molar-refractivity contribution in [3.63, 3.8) is 0 Å². The maximum Gasteiger partial charge on any atom is 0.143 e. The van der Waals surface area contributed by atoms with E-state index in [1.807, 2.05) is 0 Å². The van der Waals surface area contributed by atoms with Gasteiger partial charge in [-0.05, 0) is 114 Å². The topological polar surface area (TPSA) is 16.4 Å². The van der Waals surface area contributed by atoms with Gasteiger partial charge in [0, 0.05) is 33.3 Å². The van der Waals surface area contributed by atoms with E-state index in [0.29, 0.717) is 0 Å². The van der Waals surface area contributed by atoms with Crippen LogP contribution in [-0.4, -0.2) is 0 Å². The van der Waals surface area contributed by atoms with Crippen LogP contribution in [-0.2, 0) is 0 Å². The maximum atomic E-state index is 7.00. The summed E-state index contributed by atoms with van der Waals surface area (Å²) < 4.78 is 7.00. The average Bonchev–Trinajstić information content (AvgIpc) is 3.69. The molecule has 2 heteroatoms. The lowest BCUT2D eigenvalue weighted by molar-refractivity contribution is 0.670. The second-order valence-corrected chi connectivity index (χ2v) is 15.6. The number of fused-ring (bicyclic) bond motifs is 10. The van der Waals surface area contributed by atoms with Crippen LogP contribution in [0.3, 0.4) is 0 Å². The standard InChI is InChI=1S/C58H37NO/c1-3-15-38(16-4-1)39-27-30-43(31-28-39)59(55-26-14-13-20-45(55)40-17-5-2-6-18-40)44-32-34-56-53(37-44)54-35-41-19-7-8-21-46(41)57(58(54)60-56)42-29-33-51-49-24-10-9-22-47(49)48-23-11-12-25-50(48)52(51)36-42/h1-37H. The Labute approximate surface area is 347 Å². The minimum absolute atomic E-state index is 0.859. The molecule has 12 rings (SSSR count). The van der Waals surface area contributed by atoms with Gasteiger partial charge < -0.3 is 9.32 Å². The molecule has 0 aliphatic rings. The minimum Gasteiger partial charge on any atom is -0.455 e. The van der Waals surface area contributed by atoms with Crippen LogP contribution in [0.15, 0.2) is 229 Å². The first-order chi connectivity index (χ1) is 29.8. The Morgan fingerprint density at radius 2 is 0.833 bits per heavy atom. The zero-order valence-electron chi connectivity index (χ0n) is 32.7. The maximum absolute atomic E-state index is 7.00. The van der Waals surface area contributed by atoms with E-state index in [-0.39, 0.29) is 0 Å². The third-order valence-electron chi connectivity index (χ3n) is 12.2. The summed E-state index contributed by atoms with van der Waals surface area (Å²) in [6.07, 6.45) is 0. The fourth-order valence-electron chi connectivity index (χ4n) is 9.44. The molecule has 60 heavy (non-hydrogen) atoms. The fourth-order valence-corrected chi connectivity index (χ4v) is 9.44. The van der Waals surface area contributed by atoms with Crippen LogP contribution in [0.1, 0.15) is 0 Å². The predicted octanol–water partition coefficient (Wildman–Crippen LogP) is 16.7. The lowest BCUT2D eigenvalue weighted by Crippen LogP contribution is -2.11. The van der Waals surface area contributed by atoms with Crippen molar-refractivity contribution < 1.29 is 4.42 Å². The van der Waals surface area contributed by atoms with Crippen LogP contribution in [0.5, 0.6) is 0 Å². The summed E-state index contributed by atoms with van der Waals surface area (Å²) in [5.41, 5.74) is 11.9. The highest BCUT2D eigenvalue weighted by Gasteiger charge is 2.22. The molecule has 1 aromatic heterocycles. The predicted molar refractivity (Wildman–Crippen MR) is 255 cm³/mol. The van der Waals surface area contributed by atoms with Crippen LogP contribution in [0, 0.1) is 0 Å². The first-order valence-electron chi connectivity index (χ1n) is 20.6. The minimum atomic E-state index is 0.859. The van der Waals surface area contributed by atoms with E-state index in [2.05, 4.69) is 229 Å². The molecule has 0 saturated carbocycles. The van der Waals surface area contributed by atoms with Gasteiger partial charge in [0.2, 0.25) is 0 Å². The van der Waals surface area contributed by atoms with E-state index in [9.17, 15) is 0 Å². The van der Waals surface area contributed by atoms with Crippen LogP contribution in [0.4, 0.5) is 17.1 Å². The molecule has 0 amide bonds. The highest BCUT2D eigenvalue weighted by Crippen LogP contribution is 2.47. The van der Waals surface area contributed by atoms with Crippen LogP contribution < -0.4 is 4.90 Å². The molecule has 0 atom stereocenters. The van der Waals surface area contributed by atoms with Crippen molar-refractivity contribution in [3.8, 4) is 33.4 Å². The zero-order chi connectivity index (χ0) is 39.6. The summed E-state index contributed by atoms with van der Waals surface area (Å²) >= 11 is 0. The number of anilines is 3. The van der Waals surface area contributed by atoms with Gasteiger partial charge in [-0.1, -0.05) is 176 Å². The summed E-state index contributed by atoms with van der Waals surface area (Å²) in [7, 11) is 0. The quantitative estimate of drug-likeness (QED) is 0.157. The molecule has 0 radical (unpaired) electrons. The van der Waals surface area contributed by atoms with Crippen molar-refractivity contribution in [2.75, 3.05) is 4.90 Å². The van der Waals surface area contributed by atoms with Crippen LogP contribution in [0.25, 0.3) is 98.4 Å². The molecule has 0 aliphatic carbocycles. The monoisotopic (exact) mass is 763 g/mol. The Bertz CT molecular complexity index is 3550. The van der Waals surface area contributed by atoms with Crippen molar-refractivity contribution in [2.45, 2.75) is 0 Å². The van der Waals surface area contributed by atoms with E-state index in [1.165, 1.54) is 59.8 Å². The van der Waals surface area contributed by atoms with Crippen molar-refractivity contribution in [3.05, 3.63) is 224 Å². The number of nitrogens with zero attached hydrogens (tertiary/aromatic N) is 1. The Balaban J connectivity index is 1.09. The van der Waals surface area contributed by atoms with Gasteiger partial charge >= 0.3 is 0 Å². The fraction of sp³-hybridized carbons (Fsp3) is 0. The van der Waals surface area contributed by atoms with Gasteiger partial charge in [0.25, 0.3) is 0 Å². The molecule has 1 heterocycles. The third-order valence-corrected chi connectivity index (χ3v) is 12.2. The van der Waals surface area contributed by atoms with Gasteiger partial charge in [-0.15, -0.1) is 0 Å². The molecule has 12 aromatic rings. The Morgan fingerprint density at radius 3 is 1.55 bits per heavy atom. The van der Waals surface area contributed by atoms with E-state index in [4.69, 9.17) is 4.42 Å². The molecule has 0 spiro atoms. The number of furan rings is 1. The van der Waals surface area contributed by atoms with Gasteiger partial charge in [-0.2, -0.15) is 0 Å². The Hall–Kier alpha value is -7.94. The first-order valence-corrected chi connectivity index (χ1v) is 20.6. The second kappa shape index (κ2) is 13.9. The van der Waals surface area contributed by atoms with Gasteiger partial charge in [0.05, 0.1) is 5.69 Å². The molecule has 280 valence electrons. The lowest BCUT2D eigenvalue weighted by atomic mass is 9.90. The summed E-state index contributed by atoms with van der Waals surface area (Å²) in [4.78, 5) is 2.39. The van der Waals surface area contributed by atoms with E-state index in [1.54, 1.807) is 0 Å². The van der Waals surface area contributed by atoms with Gasteiger partial charge in [0.15, 0.2) is 0 Å². The Kier molecular flexibility index (Phi) is 7.89. The molecule has 0 saturated heterocycles. The van der Waals surface area contributed by atoms with Crippen LogP contribution >= 0.6 is 0 Å². The lowest BCUT2D eigenvalue weighted by Gasteiger charge is -2.28. The van der Waals surface area contributed by atoms with Crippen molar-refractivity contribution in [1.82, 2.24) is 0 Å². The molecule has 0 aliphatic heterocycles. The Morgan fingerprint density at radius 1 is 0.300 bits per heavy atom. The second-order valence-electron chi connectivity index (χ2n) is 15.6. The number of para-hydroxylation sites is 1. The van der Waals surface area contributed by atoms with Crippen molar-refractivity contribution in [2.24, 2.45) is 0 Å². The third kappa shape index (κ3) is 5.50. The number of hydrogen-bond acceptors (Lipinski definition) is 2.